The van der Waals surface area contributed by atoms with Gasteiger partial charge in [-0.2, -0.15) is 5.10 Å². The van der Waals surface area contributed by atoms with E-state index in [1.54, 1.807) is 6.20 Å². The molecule has 6 heteroatoms. The summed E-state index contributed by atoms with van der Waals surface area (Å²) >= 11 is 0. The molecule has 2 atom stereocenters. The summed E-state index contributed by atoms with van der Waals surface area (Å²) in [6.07, 6.45) is 5.56. The second-order valence-electron chi connectivity index (χ2n) is 5.91. The van der Waals surface area contributed by atoms with Gasteiger partial charge in [0.2, 0.25) is 0 Å². The fraction of sp³-hybridized carbons (Fsp3) is 0.471. The highest BCUT2D eigenvalue weighted by atomic mass is 16.5. The van der Waals surface area contributed by atoms with Crippen LogP contribution in [0.5, 0.6) is 0 Å². The molecule has 1 saturated heterocycles. The Morgan fingerprint density at radius 2 is 2.13 bits per heavy atom. The Morgan fingerprint density at radius 3 is 2.87 bits per heavy atom. The lowest BCUT2D eigenvalue weighted by atomic mass is 10.1. The molecular weight excluding hydrogens is 290 g/mol. The van der Waals surface area contributed by atoms with Crippen LogP contribution in [0.2, 0.25) is 0 Å². The van der Waals surface area contributed by atoms with Gasteiger partial charge in [0, 0.05) is 51.3 Å². The topological polar surface area (TPSA) is 54.4 Å². The number of likely N-dealkylation sites (N-methyl/N-ethyl adjacent to an activating group) is 1. The largest absolute Gasteiger partial charge is 0.374 e. The molecule has 2 aromatic rings. The minimum Gasteiger partial charge on any atom is -0.374 e. The van der Waals surface area contributed by atoms with Crippen molar-refractivity contribution < 1.29 is 4.74 Å². The Balaban J connectivity index is 1.60. The van der Waals surface area contributed by atoms with Crippen molar-refractivity contribution in [1.29, 1.82) is 0 Å². The smallest absolute Gasteiger partial charge is 0.151 e. The SMILES string of the molecule is C[C@H](c1ccncc1)N1CCO[C@H](CN(C)c2cccnn2)C1. The minimum atomic E-state index is 0.167. The number of rotatable bonds is 5. The molecule has 0 unspecified atom stereocenters. The van der Waals surface area contributed by atoms with E-state index >= 15 is 0 Å². The van der Waals surface area contributed by atoms with Crippen molar-refractivity contribution in [2.24, 2.45) is 0 Å². The van der Waals surface area contributed by atoms with Crippen molar-refractivity contribution >= 4 is 5.82 Å². The Morgan fingerprint density at radius 1 is 1.30 bits per heavy atom. The van der Waals surface area contributed by atoms with Crippen LogP contribution in [0.1, 0.15) is 18.5 Å². The van der Waals surface area contributed by atoms with Crippen molar-refractivity contribution in [2.45, 2.75) is 19.1 Å². The van der Waals surface area contributed by atoms with Gasteiger partial charge < -0.3 is 9.64 Å². The molecule has 0 saturated carbocycles. The number of ether oxygens (including phenoxy) is 1. The molecule has 0 amide bonds. The molecule has 0 spiro atoms. The van der Waals surface area contributed by atoms with E-state index in [4.69, 9.17) is 4.74 Å². The number of hydrogen-bond donors (Lipinski definition) is 0. The summed E-state index contributed by atoms with van der Waals surface area (Å²) in [7, 11) is 2.03. The molecule has 1 aliphatic heterocycles. The zero-order chi connectivity index (χ0) is 16.1. The summed E-state index contributed by atoms with van der Waals surface area (Å²) in [5.74, 6) is 0.871. The molecule has 122 valence electrons. The lowest BCUT2D eigenvalue weighted by Gasteiger charge is -2.38. The van der Waals surface area contributed by atoms with Crippen LogP contribution in [0.15, 0.2) is 42.9 Å². The summed E-state index contributed by atoms with van der Waals surface area (Å²) in [4.78, 5) is 8.66. The van der Waals surface area contributed by atoms with E-state index in [9.17, 15) is 0 Å². The van der Waals surface area contributed by atoms with Gasteiger partial charge in [0.05, 0.1) is 12.7 Å². The Labute approximate surface area is 137 Å². The van der Waals surface area contributed by atoms with Crippen LogP contribution in [0.4, 0.5) is 5.82 Å². The summed E-state index contributed by atoms with van der Waals surface area (Å²) in [6.45, 7) is 5.67. The number of nitrogens with zero attached hydrogens (tertiary/aromatic N) is 5. The van der Waals surface area contributed by atoms with E-state index in [-0.39, 0.29) is 6.10 Å². The third-order valence-electron chi connectivity index (χ3n) is 4.33. The lowest BCUT2D eigenvalue weighted by molar-refractivity contribution is -0.0368. The maximum Gasteiger partial charge on any atom is 0.151 e. The number of pyridine rings is 1. The first-order chi connectivity index (χ1) is 11.2. The third kappa shape index (κ3) is 4.03. The van der Waals surface area contributed by atoms with Crippen molar-refractivity contribution in [3.63, 3.8) is 0 Å². The fourth-order valence-corrected chi connectivity index (χ4v) is 2.95. The van der Waals surface area contributed by atoms with Crippen molar-refractivity contribution in [3.8, 4) is 0 Å². The van der Waals surface area contributed by atoms with Crippen LogP contribution in [0, 0.1) is 0 Å². The standard InChI is InChI=1S/C17H23N5O/c1-14(15-5-8-18-9-6-15)22-10-11-23-16(13-22)12-21(2)17-4-3-7-19-20-17/h3-9,14,16H,10-13H2,1-2H3/t14-,16-/m1/s1. The summed E-state index contributed by atoms with van der Waals surface area (Å²) in [5, 5.41) is 8.08. The van der Waals surface area contributed by atoms with Gasteiger partial charge in [0.1, 0.15) is 0 Å². The Hall–Kier alpha value is -2.05. The van der Waals surface area contributed by atoms with Gasteiger partial charge in [-0.05, 0) is 36.8 Å². The molecule has 6 nitrogen and oxygen atoms in total. The molecule has 0 bridgehead atoms. The second kappa shape index (κ2) is 7.48. The van der Waals surface area contributed by atoms with E-state index in [1.807, 2.05) is 31.6 Å². The van der Waals surface area contributed by atoms with Gasteiger partial charge in [-0.15, -0.1) is 5.10 Å². The quantitative estimate of drug-likeness (QED) is 0.838. The first-order valence-electron chi connectivity index (χ1n) is 7.98. The normalized spacial score (nSPS) is 20.2. The van der Waals surface area contributed by atoms with E-state index < -0.39 is 0 Å². The third-order valence-corrected chi connectivity index (χ3v) is 4.33. The second-order valence-corrected chi connectivity index (χ2v) is 5.91. The molecule has 2 aromatic heterocycles. The molecule has 0 N–H and O–H groups in total. The average Bonchev–Trinajstić information content (AvgIpc) is 2.63. The van der Waals surface area contributed by atoms with Crippen molar-refractivity contribution in [1.82, 2.24) is 20.1 Å². The van der Waals surface area contributed by atoms with E-state index in [1.165, 1.54) is 5.56 Å². The van der Waals surface area contributed by atoms with Crippen molar-refractivity contribution in [3.05, 3.63) is 48.4 Å². The van der Waals surface area contributed by atoms with Crippen LogP contribution in [-0.2, 0) is 4.74 Å². The molecular formula is C17H23N5O. The number of hydrogen-bond acceptors (Lipinski definition) is 6. The molecule has 0 radical (unpaired) electrons. The summed E-state index contributed by atoms with van der Waals surface area (Å²) in [5.41, 5.74) is 1.29. The minimum absolute atomic E-state index is 0.167. The molecule has 1 aliphatic rings. The Bertz CT molecular complexity index is 594. The first-order valence-corrected chi connectivity index (χ1v) is 7.98. The first kappa shape index (κ1) is 15.8. The summed E-state index contributed by atoms with van der Waals surface area (Å²) in [6, 6.07) is 8.40. The van der Waals surface area contributed by atoms with Crippen LogP contribution in [0.3, 0.4) is 0 Å². The van der Waals surface area contributed by atoms with Crippen LogP contribution < -0.4 is 4.90 Å². The highest BCUT2D eigenvalue weighted by Crippen LogP contribution is 2.22. The van der Waals surface area contributed by atoms with E-state index in [0.29, 0.717) is 6.04 Å². The van der Waals surface area contributed by atoms with Gasteiger partial charge >= 0.3 is 0 Å². The number of aromatic nitrogens is 3. The molecule has 0 aliphatic carbocycles. The molecule has 23 heavy (non-hydrogen) atoms. The van der Waals surface area contributed by atoms with Gasteiger partial charge in [-0.25, -0.2) is 0 Å². The van der Waals surface area contributed by atoms with Crippen LogP contribution in [0.25, 0.3) is 0 Å². The average molecular weight is 313 g/mol. The van der Waals surface area contributed by atoms with Gasteiger partial charge in [0.15, 0.2) is 5.82 Å². The van der Waals surface area contributed by atoms with Crippen LogP contribution in [-0.4, -0.2) is 59.5 Å². The fourth-order valence-electron chi connectivity index (χ4n) is 2.95. The van der Waals surface area contributed by atoms with Gasteiger partial charge in [0.25, 0.3) is 0 Å². The summed E-state index contributed by atoms with van der Waals surface area (Å²) < 4.78 is 5.94. The van der Waals surface area contributed by atoms with E-state index in [2.05, 4.69) is 44.0 Å². The van der Waals surface area contributed by atoms with Crippen molar-refractivity contribution in [2.75, 3.05) is 38.2 Å². The van der Waals surface area contributed by atoms with E-state index in [0.717, 1.165) is 32.1 Å². The number of anilines is 1. The molecule has 3 heterocycles. The predicted molar refractivity (Wildman–Crippen MR) is 89.3 cm³/mol. The zero-order valence-corrected chi connectivity index (χ0v) is 13.7. The van der Waals surface area contributed by atoms with Gasteiger partial charge in [-0.1, -0.05) is 0 Å². The highest BCUT2D eigenvalue weighted by molar-refractivity contribution is 5.35. The monoisotopic (exact) mass is 313 g/mol. The van der Waals surface area contributed by atoms with Gasteiger partial charge in [-0.3, -0.25) is 9.88 Å². The maximum atomic E-state index is 5.94. The zero-order valence-electron chi connectivity index (χ0n) is 13.7. The van der Waals surface area contributed by atoms with Crippen LogP contribution >= 0.6 is 0 Å². The Kier molecular flexibility index (Phi) is 5.15. The predicted octanol–water partition coefficient (Wildman–Crippen LogP) is 1.77. The molecule has 1 fully saturated rings. The lowest BCUT2D eigenvalue weighted by Crippen LogP contribution is -2.47. The maximum absolute atomic E-state index is 5.94. The molecule has 3 rings (SSSR count). The molecule has 0 aromatic carbocycles. The number of morpholine rings is 1. The highest BCUT2D eigenvalue weighted by Gasteiger charge is 2.26.